The first kappa shape index (κ1) is 16.5. The fourth-order valence-corrected chi connectivity index (χ4v) is 2.27. The van der Waals surface area contributed by atoms with Gasteiger partial charge in [0.15, 0.2) is 0 Å². The van der Waals surface area contributed by atoms with Crippen molar-refractivity contribution in [3.8, 4) is 5.75 Å². The summed E-state index contributed by atoms with van der Waals surface area (Å²) in [7, 11) is 3.52. The van der Waals surface area contributed by atoms with Gasteiger partial charge in [0.2, 0.25) is 0 Å². The number of hydrogen-bond acceptors (Lipinski definition) is 5. The van der Waals surface area contributed by atoms with Crippen LogP contribution in [-0.2, 0) is 9.53 Å². The van der Waals surface area contributed by atoms with Crippen molar-refractivity contribution in [3.05, 3.63) is 35.9 Å². The number of likely N-dealkylation sites (N-methyl/N-ethyl adjacent to an activating group) is 1. The maximum Gasteiger partial charge on any atom is 0.330 e. The molecule has 1 heterocycles. The quantitative estimate of drug-likeness (QED) is 0.588. The number of hydrogen-bond donors (Lipinski definition) is 0. The van der Waals surface area contributed by atoms with E-state index in [2.05, 4.69) is 21.6 Å². The van der Waals surface area contributed by atoms with Crippen LogP contribution >= 0.6 is 0 Å². The van der Waals surface area contributed by atoms with Gasteiger partial charge in [0.1, 0.15) is 12.4 Å². The molecule has 0 unspecified atom stereocenters. The molecule has 1 aliphatic heterocycles. The van der Waals surface area contributed by atoms with E-state index in [4.69, 9.17) is 4.74 Å². The topological polar surface area (TPSA) is 42.0 Å². The molecule has 1 aromatic carbocycles. The van der Waals surface area contributed by atoms with Crippen LogP contribution in [0.5, 0.6) is 5.75 Å². The van der Waals surface area contributed by atoms with Crippen LogP contribution in [0.3, 0.4) is 0 Å². The molecule has 1 aliphatic rings. The van der Waals surface area contributed by atoms with Crippen molar-refractivity contribution in [1.82, 2.24) is 9.80 Å². The van der Waals surface area contributed by atoms with E-state index < -0.39 is 0 Å². The largest absolute Gasteiger partial charge is 0.492 e. The third-order valence-electron chi connectivity index (χ3n) is 3.77. The molecule has 1 fully saturated rings. The lowest BCUT2D eigenvalue weighted by molar-refractivity contribution is -0.134. The Morgan fingerprint density at radius 2 is 1.86 bits per heavy atom. The highest BCUT2D eigenvalue weighted by Crippen LogP contribution is 2.13. The molecule has 1 aromatic rings. The van der Waals surface area contributed by atoms with Crippen molar-refractivity contribution in [1.29, 1.82) is 0 Å². The lowest BCUT2D eigenvalue weighted by atomic mass is 10.2. The molecule has 120 valence electrons. The number of nitrogens with zero attached hydrogens (tertiary/aromatic N) is 2. The number of esters is 1. The molecule has 0 aromatic heterocycles. The Balaban J connectivity index is 1.72. The molecule has 0 atom stereocenters. The zero-order valence-corrected chi connectivity index (χ0v) is 13.3. The summed E-state index contributed by atoms with van der Waals surface area (Å²) in [5.74, 6) is 0.497. The Kier molecular flexibility index (Phi) is 6.43. The van der Waals surface area contributed by atoms with E-state index in [0.717, 1.165) is 44.0 Å². The fourth-order valence-electron chi connectivity index (χ4n) is 2.27. The smallest absolute Gasteiger partial charge is 0.330 e. The van der Waals surface area contributed by atoms with Gasteiger partial charge in [0.25, 0.3) is 0 Å². The zero-order chi connectivity index (χ0) is 15.8. The predicted molar refractivity (Wildman–Crippen MR) is 86.9 cm³/mol. The summed E-state index contributed by atoms with van der Waals surface area (Å²) in [5.41, 5.74) is 0.941. The van der Waals surface area contributed by atoms with Gasteiger partial charge in [-0.3, -0.25) is 4.90 Å². The first-order valence-corrected chi connectivity index (χ1v) is 7.57. The molecule has 0 radical (unpaired) electrons. The SMILES string of the molecule is COC(=O)/C=C/c1ccc(OCCN2CCN(C)CC2)cc1. The molecule has 2 rings (SSSR count). The highest BCUT2D eigenvalue weighted by Gasteiger charge is 2.12. The van der Waals surface area contributed by atoms with Gasteiger partial charge in [-0.1, -0.05) is 12.1 Å². The molecule has 0 N–H and O–H groups in total. The third-order valence-corrected chi connectivity index (χ3v) is 3.77. The zero-order valence-electron chi connectivity index (χ0n) is 13.3. The maximum absolute atomic E-state index is 11.0. The normalized spacial score (nSPS) is 16.8. The molecule has 0 spiro atoms. The summed E-state index contributed by atoms with van der Waals surface area (Å²) < 4.78 is 10.3. The van der Waals surface area contributed by atoms with Gasteiger partial charge < -0.3 is 14.4 Å². The molecular formula is C17H24N2O3. The van der Waals surface area contributed by atoms with Gasteiger partial charge in [0, 0.05) is 38.8 Å². The van der Waals surface area contributed by atoms with Crippen molar-refractivity contribution in [3.63, 3.8) is 0 Å². The number of piperazine rings is 1. The number of carbonyl (C=O) groups excluding carboxylic acids is 1. The summed E-state index contributed by atoms with van der Waals surface area (Å²) in [6, 6.07) is 7.68. The number of ether oxygens (including phenoxy) is 2. The highest BCUT2D eigenvalue weighted by molar-refractivity contribution is 5.86. The number of carbonyl (C=O) groups is 1. The molecule has 5 nitrogen and oxygen atoms in total. The van der Waals surface area contributed by atoms with Gasteiger partial charge in [0.05, 0.1) is 7.11 Å². The van der Waals surface area contributed by atoms with E-state index in [1.165, 1.54) is 13.2 Å². The number of methoxy groups -OCH3 is 1. The van der Waals surface area contributed by atoms with Crippen molar-refractivity contribution >= 4 is 12.0 Å². The Hall–Kier alpha value is -1.85. The van der Waals surface area contributed by atoms with Crippen molar-refractivity contribution in [2.45, 2.75) is 0 Å². The molecule has 1 saturated heterocycles. The van der Waals surface area contributed by atoms with Gasteiger partial charge in [-0.2, -0.15) is 0 Å². The van der Waals surface area contributed by atoms with Crippen LogP contribution in [0.15, 0.2) is 30.3 Å². The van der Waals surface area contributed by atoms with E-state index in [1.807, 2.05) is 24.3 Å². The molecule has 0 saturated carbocycles. The Morgan fingerprint density at radius 1 is 1.18 bits per heavy atom. The molecule has 0 aliphatic carbocycles. The second-order valence-corrected chi connectivity index (χ2v) is 5.42. The summed E-state index contributed by atoms with van der Waals surface area (Å²) in [5, 5.41) is 0. The highest BCUT2D eigenvalue weighted by atomic mass is 16.5. The van der Waals surface area contributed by atoms with Gasteiger partial charge in [-0.15, -0.1) is 0 Å². The minimum atomic E-state index is -0.354. The second-order valence-electron chi connectivity index (χ2n) is 5.42. The first-order chi connectivity index (χ1) is 10.7. The average molecular weight is 304 g/mol. The van der Waals surface area contributed by atoms with E-state index in [9.17, 15) is 4.79 Å². The maximum atomic E-state index is 11.0. The van der Waals surface area contributed by atoms with E-state index >= 15 is 0 Å². The van der Waals surface area contributed by atoms with Gasteiger partial charge in [-0.25, -0.2) is 4.79 Å². The molecule has 22 heavy (non-hydrogen) atoms. The summed E-state index contributed by atoms with van der Waals surface area (Å²) in [6.07, 6.45) is 3.13. The minimum Gasteiger partial charge on any atom is -0.492 e. The Bertz CT molecular complexity index is 491. The Morgan fingerprint density at radius 3 is 2.50 bits per heavy atom. The number of benzene rings is 1. The average Bonchev–Trinajstić information content (AvgIpc) is 2.55. The molecule has 0 amide bonds. The van der Waals surface area contributed by atoms with Crippen LogP contribution in [0.25, 0.3) is 6.08 Å². The van der Waals surface area contributed by atoms with Crippen LogP contribution in [-0.4, -0.2) is 69.3 Å². The van der Waals surface area contributed by atoms with E-state index in [-0.39, 0.29) is 5.97 Å². The van der Waals surface area contributed by atoms with Crippen LogP contribution in [0, 0.1) is 0 Å². The lowest BCUT2D eigenvalue weighted by Gasteiger charge is -2.32. The molecule has 5 heteroatoms. The van der Waals surface area contributed by atoms with Crippen molar-refractivity contribution in [2.24, 2.45) is 0 Å². The third kappa shape index (κ3) is 5.50. The Labute approximate surface area is 132 Å². The predicted octanol–water partition coefficient (Wildman–Crippen LogP) is 1.50. The van der Waals surface area contributed by atoms with E-state index in [1.54, 1.807) is 6.08 Å². The summed E-state index contributed by atoms with van der Waals surface area (Å²) in [6.45, 7) is 6.12. The van der Waals surface area contributed by atoms with Crippen LogP contribution in [0.2, 0.25) is 0 Å². The number of rotatable bonds is 6. The lowest BCUT2D eigenvalue weighted by Crippen LogP contribution is -2.45. The van der Waals surface area contributed by atoms with Gasteiger partial charge >= 0.3 is 5.97 Å². The summed E-state index contributed by atoms with van der Waals surface area (Å²) >= 11 is 0. The van der Waals surface area contributed by atoms with Gasteiger partial charge in [-0.05, 0) is 30.8 Å². The van der Waals surface area contributed by atoms with Crippen LogP contribution in [0.1, 0.15) is 5.56 Å². The van der Waals surface area contributed by atoms with Crippen LogP contribution < -0.4 is 4.74 Å². The van der Waals surface area contributed by atoms with E-state index in [0.29, 0.717) is 6.61 Å². The monoisotopic (exact) mass is 304 g/mol. The standard InChI is InChI=1S/C17H24N2O3/c1-18-9-11-19(12-10-18)13-14-22-16-6-3-15(4-7-16)5-8-17(20)21-2/h3-8H,9-14H2,1-2H3/b8-5+. The first-order valence-electron chi connectivity index (χ1n) is 7.57. The second kappa shape index (κ2) is 8.56. The van der Waals surface area contributed by atoms with Crippen molar-refractivity contribution in [2.75, 3.05) is 53.5 Å². The fraction of sp³-hybridized carbons (Fsp3) is 0.471. The minimum absolute atomic E-state index is 0.354. The van der Waals surface area contributed by atoms with Crippen LogP contribution in [0.4, 0.5) is 0 Å². The molecular weight excluding hydrogens is 280 g/mol. The molecule has 0 bridgehead atoms. The van der Waals surface area contributed by atoms with Crippen molar-refractivity contribution < 1.29 is 14.3 Å². The summed E-state index contributed by atoms with van der Waals surface area (Å²) in [4.78, 5) is 15.8.